The summed E-state index contributed by atoms with van der Waals surface area (Å²) in [7, 11) is 0. The molecule has 1 aromatic carbocycles. The van der Waals surface area contributed by atoms with E-state index in [1.54, 1.807) is 23.6 Å². The number of unbranched alkanes of at least 4 members (excludes halogenated alkanes) is 1. The second-order valence-electron chi connectivity index (χ2n) is 17.4. The second-order valence-corrected chi connectivity index (χ2v) is 17.4. The molecule has 0 radical (unpaired) electrons. The van der Waals surface area contributed by atoms with Crippen molar-refractivity contribution < 1.29 is 43.0 Å². The molecule has 60 heavy (non-hydrogen) atoms. The average molecular weight is 832 g/mol. The predicted octanol–water partition coefficient (Wildman–Crippen LogP) is 5.89. The van der Waals surface area contributed by atoms with E-state index in [4.69, 9.17) is 9.47 Å². The van der Waals surface area contributed by atoms with Crippen molar-refractivity contribution in [3.05, 3.63) is 70.8 Å². The highest BCUT2D eigenvalue weighted by atomic mass is 16.6. The average Bonchev–Trinajstić information content (AvgIpc) is 3.67. The Balaban J connectivity index is 1.32. The van der Waals surface area contributed by atoms with Crippen LogP contribution in [0.15, 0.2) is 65.3 Å². The molecule has 3 aliphatic rings. The number of alkyl carbamates (subject to hydrolysis) is 1. The van der Waals surface area contributed by atoms with Gasteiger partial charge in [0.25, 0.3) is 0 Å². The topological polar surface area (TPSA) is 181 Å². The SMILES string of the molecule is CC1=C(C)C(=O)C(CCCOC(=O)NCCCC[C@H](NC(=O)[C@@H]2CCCN2C(=O)[C@H](/C=C/[C@@H]2CC(C)N2C(=O)OC(C)(C)C)Cc2ccccc2)C(=O)NC(C)C)=CC1=O. The number of ketones is 2. The van der Waals surface area contributed by atoms with Crippen LogP contribution in [0.4, 0.5) is 9.59 Å². The normalized spacial score (nSPS) is 20.4. The number of benzene rings is 1. The van der Waals surface area contributed by atoms with Gasteiger partial charge < -0.3 is 30.3 Å². The highest BCUT2D eigenvalue weighted by Gasteiger charge is 2.41. The van der Waals surface area contributed by atoms with Crippen LogP contribution in [-0.2, 0) is 39.9 Å². The summed E-state index contributed by atoms with van der Waals surface area (Å²) in [5.74, 6) is -1.85. The van der Waals surface area contributed by atoms with Gasteiger partial charge in [0.1, 0.15) is 17.7 Å². The molecular weight excluding hydrogens is 767 g/mol. The van der Waals surface area contributed by atoms with E-state index in [-0.39, 0.29) is 54.7 Å². The summed E-state index contributed by atoms with van der Waals surface area (Å²) < 4.78 is 10.9. The zero-order chi connectivity index (χ0) is 44.1. The lowest BCUT2D eigenvalue weighted by molar-refractivity contribution is -0.141. The molecule has 14 nitrogen and oxygen atoms in total. The first-order chi connectivity index (χ1) is 28.4. The van der Waals surface area contributed by atoms with Crippen molar-refractivity contribution in [1.29, 1.82) is 0 Å². The van der Waals surface area contributed by atoms with Crippen LogP contribution in [0.5, 0.6) is 0 Å². The molecular formula is C46H65N5O9. The fourth-order valence-electron chi connectivity index (χ4n) is 7.63. The van der Waals surface area contributed by atoms with E-state index in [1.165, 1.54) is 6.08 Å². The van der Waals surface area contributed by atoms with Gasteiger partial charge in [-0.15, -0.1) is 0 Å². The number of ether oxygens (including phenoxy) is 2. The van der Waals surface area contributed by atoms with Crippen LogP contribution < -0.4 is 16.0 Å². The third-order valence-electron chi connectivity index (χ3n) is 11.0. The summed E-state index contributed by atoms with van der Waals surface area (Å²) >= 11 is 0. The zero-order valence-corrected chi connectivity index (χ0v) is 36.6. The van der Waals surface area contributed by atoms with Crippen molar-refractivity contribution in [2.45, 2.75) is 149 Å². The van der Waals surface area contributed by atoms with Gasteiger partial charge in [0.05, 0.1) is 18.6 Å². The molecule has 2 heterocycles. The minimum Gasteiger partial charge on any atom is -0.450 e. The first kappa shape index (κ1) is 47.4. The molecule has 1 aromatic rings. The number of carbonyl (C=O) groups excluding carboxylic acids is 7. The van der Waals surface area contributed by atoms with Crippen molar-refractivity contribution in [3.63, 3.8) is 0 Å². The molecule has 0 bridgehead atoms. The first-order valence-corrected chi connectivity index (χ1v) is 21.4. The minimum atomic E-state index is -0.852. The molecule has 0 spiro atoms. The predicted molar refractivity (Wildman–Crippen MR) is 228 cm³/mol. The monoisotopic (exact) mass is 831 g/mol. The lowest BCUT2D eigenvalue weighted by atomic mass is 9.89. The lowest BCUT2D eigenvalue weighted by Gasteiger charge is -2.45. The maximum absolute atomic E-state index is 14.4. The molecule has 2 saturated heterocycles. The minimum absolute atomic E-state index is 0.000168. The van der Waals surface area contributed by atoms with Crippen molar-refractivity contribution >= 4 is 41.5 Å². The Bertz CT molecular complexity index is 1830. The zero-order valence-electron chi connectivity index (χ0n) is 36.6. The Kier molecular flexibility index (Phi) is 17.2. The molecule has 2 aliphatic heterocycles. The van der Waals surface area contributed by atoms with E-state index in [9.17, 15) is 33.6 Å². The Labute approximate surface area is 354 Å². The van der Waals surface area contributed by atoms with E-state index in [2.05, 4.69) is 16.0 Å². The van der Waals surface area contributed by atoms with Crippen LogP contribution in [0.25, 0.3) is 0 Å². The van der Waals surface area contributed by atoms with Crippen LogP contribution in [0.3, 0.4) is 0 Å². The number of nitrogens with zero attached hydrogens (tertiary/aromatic N) is 2. The van der Waals surface area contributed by atoms with Gasteiger partial charge in [-0.05, 0) is 125 Å². The number of nitrogens with one attached hydrogen (secondary N) is 3. The van der Waals surface area contributed by atoms with Gasteiger partial charge in [-0.25, -0.2) is 9.59 Å². The number of rotatable bonds is 18. The maximum Gasteiger partial charge on any atom is 0.411 e. The molecule has 1 unspecified atom stereocenters. The van der Waals surface area contributed by atoms with Gasteiger partial charge >= 0.3 is 12.2 Å². The summed E-state index contributed by atoms with van der Waals surface area (Å²) in [4.78, 5) is 94.7. The number of Topliss-reactive ketones (excluding diaryl/α,β-unsaturated/α-hetero) is 1. The Morgan fingerprint density at radius 3 is 2.35 bits per heavy atom. The van der Waals surface area contributed by atoms with Crippen LogP contribution in [-0.4, -0.2) is 107 Å². The summed E-state index contributed by atoms with van der Waals surface area (Å²) in [6.07, 6.45) is 8.39. The fraction of sp³-hybridized carbons (Fsp3) is 0.587. The Morgan fingerprint density at radius 1 is 0.967 bits per heavy atom. The molecule has 5 atom stereocenters. The van der Waals surface area contributed by atoms with Crippen LogP contribution >= 0.6 is 0 Å². The summed E-state index contributed by atoms with van der Waals surface area (Å²) in [5.41, 5.74) is 1.63. The fourth-order valence-corrected chi connectivity index (χ4v) is 7.63. The Hall–Kier alpha value is -5.27. The smallest absolute Gasteiger partial charge is 0.411 e. The van der Waals surface area contributed by atoms with E-state index in [1.807, 2.05) is 84.0 Å². The van der Waals surface area contributed by atoms with E-state index < -0.39 is 41.7 Å². The Morgan fingerprint density at radius 2 is 1.68 bits per heavy atom. The van der Waals surface area contributed by atoms with Crippen molar-refractivity contribution in [2.75, 3.05) is 19.7 Å². The standard InChI is InChI=1S/C46H65N5O9/c1-29(2)48-41(54)37(19-12-13-23-47-44(57)59-25-15-18-34-28-39(52)31(4)32(5)40(34)53)49-42(55)38-20-14-24-50(38)43(56)35(27-33-16-10-9-11-17-33)21-22-36-26-30(3)51(36)45(58)60-46(6,7)8/h9-11,16-17,21-22,28-30,35-38H,12-15,18-20,23-27H2,1-8H3,(H,47,57)(H,48,54)(H,49,55)/b22-21+/t30?,35-,36-,37+,38+/m1/s1. The van der Waals surface area contributed by atoms with E-state index in [0.29, 0.717) is 74.6 Å². The van der Waals surface area contributed by atoms with Crippen LogP contribution in [0, 0.1) is 5.92 Å². The highest BCUT2D eigenvalue weighted by molar-refractivity contribution is 6.22. The summed E-state index contributed by atoms with van der Waals surface area (Å²) in [6.45, 7) is 15.1. The molecule has 0 saturated carbocycles. The molecule has 2 fully saturated rings. The van der Waals surface area contributed by atoms with Crippen LogP contribution in [0.1, 0.15) is 112 Å². The largest absolute Gasteiger partial charge is 0.450 e. The molecule has 1 aliphatic carbocycles. The van der Waals surface area contributed by atoms with Gasteiger partial charge in [-0.1, -0.05) is 42.5 Å². The van der Waals surface area contributed by atoms with E-state index >= 15 is 0 Å². The molecule has 5 amide bonds. The quantitative estimate of drug-likeness (QED) is 0.0924. The molecule has 14 heteroatoms. The number of allylic oxidation sites excluding steroid dienone is 4. The first-order valence-electron chi connectivity index (χ1n) is 21.4. The molecule has 0 aromatic heterocycles. The molecule has 3 N–H and O–H groups in total. The highest BCUT2D eigenvalue weighted by Crippen LogP contribution is 2.30. The second kappa shape index (κ2) is 21.8. The van der Waals surface area contributed by atoms with Gasteiger partial charge in [0, 0.05) is 41.9 Å². The molecule has 4 rings (SSSR count). The third-order valence-corrected chi connectivity index (χ3v) is 11.0. The number of hydrogen-bond acceptors (Lipinski definition) is 9. The van der Waals surface area contributed by atoms with Crippen LogP contribution in [0.2, 0.25) is 0 Å². The van der Waals surface area contributed by atoms with Gasteiger partial charge in [-0.2, -0.15) is 0 Å². The number of likely N-dealkylation sites (tertiary alicyclic amines) is 2. The van der Waals surface area contributed by atoms with Crippen molar-refractivity contribution in [1.82, 2.24) is 25.8 Å². The summed E-state index contributed by atoms with van der Waals surface area (Å²) in [6, 6.07) is 7.69. The number of amides is 5. The van der Waals surface area contributed by atoms with Gasteiger partial charge in [-0.3, -0.25) is 28.9 Å². The number of hydrogen-bond donors (Lipinski definition) is 3. The lowest BCUT2D eigenvalue weighted by Crippen LogP contribution is -2.57. The van der Waals surface area contributed by atoms with E-state index in [0.717, 1.165) is 12.0 Å². The van der Waals surface area contributed by atoms with Gasteiger partial charge in [0.2, 0.25) is 17.7 Å². The van der Waals surface area contributed by atoms with Crippen molar-refractivity contribution in [2.24, 2.45) is 5.92 Å². The van der Waals surface area contributed by atoms with Gasteiger partial charge in [0.15, 0.2) is 11.6 Å². The number of carbonyl (C=O) groups is 7. The van der Waals surface area contributed by atoms with Crippen molar-refractivity contribution in [3.8, 4) is 0 Å². The maximum atomic E-state index is 14.4. The third kappa shape index (κ3) is 13.6. The summed E-state index contributed by atoms with van der Waals surface area (Å²) in [5, 5.41) is 8.52. The molecule has 328 valence electrons.